The van der Waals surface area contributed by atoms with Crippen molar-refractivity contribution in [2.45, 2.75) is 39.7 Å². The van der Waals surface area contributed by atoms with E-state index in [0.29, 0.717) is 29.2 Å². The molecule has 0 N–H and O–H groups in total. The minimum Gasteiger partial charge on any atom is -0.463 e. The highest BCUT2D eigenvalue weighted by Crippen LogP contribution is 2.29. The summed E-state index contributed by atoms with van der Waals surface area (Å²) >= 11 is 6.18. The summed E-state index contributed by atoms with van der Waals surface area (Å²) in [7, 11) is 0. The fraction of sp³-hybridized carbons (Fsp3) is 0.304. The van der Waals surface area contributed by atoms with E-state index in [-0.39, 0.29) is 5.97 Å². The van der Waals surface area contributed by atoms with Crippen LogP contribution in [0.5, 0.6) is 0 Å². The van der Waals surface area contributed by atoms with Crippen molar-refractivity contribution >= 4 is 23.5 Å². The molecule has 0 saturated heterocycles. The molecule has 0 heterocycles. The summed E-state index contributed by atoms with van der Waals surface area (Å²) in [4.78, 5) is 24.1. The van der Waals surface area contributed by atoms with E-state index in [4.69, 9.17) is 21.1 Å². The molecule has 5 heteroatoms. The van der Waals surface area contributed by atoms with E-state index < -0.39 is 11.6 Å². The highest BCUT2D eigenvalue weighted by Gasteiger charge is 2.18. The summed E-state index contributed by atoms with van der Waals surface area (Å²) in [6, 6.07) is 12.6. The normalized spacial score (nSPS) is 11.0. The number of hydrogen-bond acceptors (Lipinski definition) is 4. The van der Waals surface area contributed by atoms with Gasteiger partial charge < -0.3 is 9.47 Å². The smallest absolute Gasteiger partial charge is 0.338 e. The summed E-state index contributed by atoms with van der Waals surface area (Å²) in [5.74, 6) is -0.787. The Balaban J connectivity index is 2.29. The highest BCUT2D eigenvalue weighted by atomic mass is 35.5. The molecule has 0 saturated carbocycles. The van der Waals surface area contributed by atoms with E-state index in [9.17, 15) is 9.59 Å². The maximum atomic E-state index is 12.2. The molecule has 0 aliphatic rings. The molecule has 4 nitrogen and oxygen atoms in total. The first-order chi connectivity index (χ1) is 13.1. The predicted octanol–water partition coefficient (Wildman–Crippen LogP) is 5.62. The van der Waals surface area contributed by atoms with Crippen LogP contribution in [0.15, 0.2) is 54.6 Å². The van der Waals surface area contributed by atoms with Crippen LogP contribution in [0.1, 0.15) is 43.6 Å². The lowest BCUT2D eigenvalue weighted by atomic mass is 9.94. The molecule has 0 fully saturated rings. The van der Waals surface area contributed by atoms with Crippen molar-refractivity contribution in [3.8, 4) is 11.1 Å². The Hall–Kier alpha value is -2.59. The van der Waals surface area contributed by atoms with E-state index in [1.807, 2.05) is 45.0 Å². The zero-order valence-corrected chi connectivity index (χ0v) is 17.4. The highest BCUT2D eigenvalue weighted by molar-refractivity contribution is 6.30. The first-order valence-corrected chi connectivity index (χ1v) is 9.45. The molecule has 0 aromatic heterocycles. The number of carbonyl (C=O) groups is 2. The number of hydrogen-bond donors (Lipinski definition) is 0. The fourth-order valence-electron chi connectivity index (χ4n) is 2.63. The van der Waals surface area contributed by atoms with Crippen LogP contribution in [0.4, 0.5) is 0 Å². The van der Waals surface area contributed by atoms with Crippen LogP contribution in [0.25, 0.3) is 11.1 Å². The Kier molecular flexibility index (Phi) is 7.03. The van der Waals surface area contributed by atoms with Crippen LogP contribution >= 0.6 is 11.6 Å². The topological polar surface area (TPSA) is 52.6 Å². The van der Waals surface area contributed by atoms with Crippen molar-refractivity contribution in [2.24, 2.45) is 0 Å². The van der Waals surface area contributed by atoms with Crippen LogP contribution < -0.4 is 0 Å². The molecule has 2 aromatic rings. The van der Waals surface area contributed by atoms with Gasteiger partial charge >= 0.3 is 11.9 Å². The molecule has 0 bridgehead atoms. The minimum atomic E-state index is -0.552. The summed E-state index contributed by atoms with van der Waals surface area (Å²) in [5.41, 5.74) is 2.93. The number of carbonyl (C=O) groups excluding carboxylic acids is 2. The standard InChI is InChI=1S/C23H25ClO4/c1-6-27-21(25)15(2)13-18-11-12-19(24)14-20(18)16-7-9-17(10-8-16)22(26)28-23(3,4)5/h7-12,14H,2,6,13H2,1,3-5H3. The third-order valence-corrected chi connectivity index (χ3v) is 4.11. The largest absolute Gasteiger partial charge is 0.463 e. The van der Waals surface area contributed by atoms with Crippen molar-refractivity contribution in [3.63, 3.8) is 0 Å². The Morgan fingerprint density at radius 2 is 1.71 bits per heavy atom. The van der Waals surface area contributed by atoms with Gasteiger partial charge in [0.25, 0.3) is 0 Å². The van der Waals surface area contributed by atoms with Crippen LogP contribution in [0.2, 0.25) is 5.02 Å². The lowest BCUT2D eigenvalue weighted by Gasteiger charge is -2.19. The lowest BCUT2D eigenvalue weighted by molar-refractivity contribution is -0.138. The van der Waals surface area contributed by atoms with Gasteiger partial charge in [-0.2, -0.15) is 0 Å². The van der Waals surface area contributed by atoms with Crippen LogP contribution in [0.3, 0.4) is 0 Å². The van der Waals surface area contributed by atoms with Crippen molar-refractivity contribution in [1.82, 2.24) is 0 Å². The second-order valence-corrected chi connectivity index (χ2v) is 7.82. The SMILES string of the molecule is C=C(Cc1ccc(Cl)cc1-c1ccc(C(=O)OC(C)(C)C)cc1)C(=O)OCC. The van der Waals surface area contributed by atoms with Crippen molar-refractivity contribution in [3.05, 3.63) is 70.8 Å². The first kappa shape index (κ1) is 21.7. The number of rotatable bonds is 6. The van der Waals surface area contributed by atoms with Gasteiger partial charge in [0.15, 0.2) is 0 Å². The number of esters is 2. The van der Waals surface area contributed by atoms with E-state index in [0.717, 1.165) is 16.7 Å². The summed E-state index contributed by atoms with van der Waals surface area (Å²) in [6.45, 7) is 11.4. The van der Waals surface area contributed by atoms with Gasteiger partial charge in [-0.15, -0.1) is 0 Å². The molecule has 0 spiro atoms. The average Bonchev–Trinajstić information content (AvgIpc) is 2.62. The van der Waals surface area contributed by atoms with Crippen LogP contribution in [-0.2, 0) is 20.7 Å². The maximum absolute atomic E-state index is 12.2. The number of ether oxygens (including phenoxy) is 2. The van der Waals surface area contributed by atoms with Crippen molar-refractivity contribution in [1.29, 1.82) is 0 Å². The van der Waals surface area contributed by atoms with Gasteiger partial charge in [0, 0.05) is 17.0 Å². The summed E-state index contributed by atoms with van der Waals surface area (Å²) in [6.07, 6.45) is 0.346. The molecule has 0 aliphatic heterocycles. The number of halogens is 1. The van der Waals surface area contributed by atoms with E-state index in [1.165, 1.54) is 0 Å². The summed E-state index contributed by atoms with van der Waals surface area (Å²) in [5, 5.41) is 0.580. The average molecular weight is 401 g/mol. The van der Waals surface area contributed by atoms with Gasteiger partial charge in [-0.3, -0.25) is 0 Å². The van der Waals surface area contributed by atoms with E-state index >= 15 is 0 Å². The zero-order valence-electron chi connectivity index (χ0n) is 16.7. The summed E-state index contributed by atoms with van der Waals surface area (Å²) < 4.78 is 10.4. The monoisotopic (exact) mass is 400 g/mol. The van der Waals surface area contributed by atoms with E-state index in [2.05, 4.69) is 6.58 Å². The zero-order chi connectivity index (χ0) is 20.9. The Bertz CT molecular complexity index is 876. The predicted molar refractivity (Wildman–Crippen MR) is 112 cm³/mol. The molecule has 148 valence electrons. The van der Waals surface area contributed by atoms with Crippen molar-refractivity contribution < 1.29 is 19.1 Å². The fourth-order valence-corrected chi connectivity index (χ4v) is 2.80. The van der Waals surface area contributed by atoms with Gasteiger partial charge in [0.05, 0.1) is 12.2 Å². The van der Waals surface area contributed by atoms with Gasteiger partial charge in [-0.25, -0.2) is 9.59 Å². The maximum Gasteiger partial charge on any atom is 0.338 e. The second-order valence-electron chi connectivity index (χ2n) is 7.38. The lowest BCUT2D eigenvalue weighted by Crippen LogP contribution is -2.23. The molecule has 0 amide bonds. The van der Waals surface area contributed by atoms with Crippen molar-refractivity contribution in [2.75, 3.05) is 6.61 Å². The Labute approximate surface area is 171 Å². The third kappa shape index (κ3) is 5.96. The molecule has 0 atom stereocenters. The molecule has 0 radical (unpaired) electrons. The van der Waals surface area contributed by atoms with Gasteiger partial charge in [0.2, 0.25) is 0 Å². The molecular weight excluding hydrogens is 376 g/mol. The van der Waals surface area contributed by atoms with Gasteiger partial charge in [0.1, 0.15) is 5.60 Å². The molecular formula is C23H25ClO4. The second kappa shape index (κ2) is 9.07. The Morgan fingerprint density at radius 1 is 1.07 bits per heavy atom. The number of benzene rings is 2. The molecule has 0 aliphatic carbocycles. The molecule has 2 aromatic carbocycles. The Morgan fingerprint density at radius 3 is 2.29 bits per heavy atom. The molecule has 0 unspecified atom stereocenters. The third-order valence-electron chi connectivity index (χ3n) is 3.87. The van der Waals surface area contributed by atoms with Gasteiger partial charge in [-0.05, 0) is 68.7 Å². The first-order valence-electron chi connectivity index (χ1n) is 9.08. The minimum absolute atomic E-state index is 0.303. The van der Waals surface area contributed by atoms with Gasteiger partial charge in [-0.1, -0.05) is 36.4 Å². The molecule has 2 rings (SSSR count). The van der Waals surface area contributed by atoms with Crippen LogP contribution in [-0.4, -0.2) is 24.1 Å². The van der Waals surface area contributed by atoms with E-state index in [1.54, 1.807) is 25.1 Å². The van der Waals surface area contributed by atoms with Crippen LogP contribution in [0, 0.1) is 0 Å². The quantitative estimate of drug-likeness (QED) is 0.466. The molecule has 28 heavy (non-hydrogen) atoms.